The van der Waals surface area contributed by atoms with Crippen LogP contribution in [0.4, 0.5) is 8.78 Å². The molecule has 1 fully saturated rings. The number of amides is 10. The molecule has 11 rings (SSSR count). The molecule has 10 amide bonds. The number of Topliss-reactive ketones (excluding diaryl/α,β-unsaturated/α-hetero) is 1. The van der Waals surface area contributed by atoms with Crippen molar-refractivity contribution in [1.29, 1.82) is 0 Å². The topological polar surface area (TPSA) is 429 Å². The number of nitrogens with zero attached hydrogens (tertiary/aromatic N) is 2. The molecule has 8 atom stereocenters. The van der Waals surface area contributed by atoms with E-state index in [1.165, 1.54) is 91.2 Å². The second kappa shape index (κ2) is 35.2. The molecule has 0 saturated carbocycles. The van der Waals surface area contributed by atoms with Gasteiger partial charge >= 0.3 is 5.97 Å². The summed E-state index contributed by atoms with van der Waals surface area (Å²) in [6, 6.07) is 19.0. The van der Waals surface area contributed by atoms with Gasteiger partial charge in [-0.05, 0) is 128 Å². The average molecular weight is 1460 g/mol. The van der Waals surface area contributed by atoms with E-state index in [9.17, 15) is 43.1 Å². The Hall–Kier alpha value is -12.3. The van der Waals surface area contributed by atoms with Gasteiger partial charge in [0.1, 0.15) is 72.1 Å². The number of aryl methyl sites for hydroxylation is 1. The summed E-state index contributed by atoms with van der Waals surface area (Å²) < 4.78 is 41.4. The molecular weight excluding hydrogens is 1370 g/mol. The number of nitrogens with one attached hydrogen (secondary N) is 11. The van der Waals surface area contributed by atoms with Crippen LogP contribution in [0.25, 0.3) is 21.8 Å². The van der Waals surface area contributed by atoms with E-state index in [2.05, 4.69) is 62.5 Å². The number of primary amides is 1. The van der Waals surface area contributed by atoms with Crippen LogP contribution in [0.5, 0.6) is 11.5 Å². The molecule has 0 spiro atoms. The number of esters is 1. The highest BCUT2D eigenvalue weighted by Crippen LogP contribution is 2.32. The van der Waals surface area contributed by atoms with Gasteiger partial charge in [0.2, 0.25) is 59.1 Å². The summed E-state index contributed by atoms with van der Waals surface area (Å²) >= 11 is 0. The summed E-state index contributed by atoms with van der Waals surface area (Å²) in [5.74, 6) is -13.3. The number of fused-ring (bicyclic) bond motifs is 32. The number of rotatable bonds is 15. The van der Waals surface area contributed by atoms with Crippen LogP contribution in [0.15, 0.2) is 140 Å². The predicted molar refractivity (Wildman–Crippen MR) is 379 cm³/mol. The Balaban J connectivity index is 1.01. The van der Waals surface area contributed by atoms with Gasteiger partial charge < -0.3 is 82.7 Å². The number of phenols is 1. The summed E-state index contributed by atoms with van der Waals surface area (Å²) in [6.07, 6.45) is 2.58. The second-order valence-electron chi connectivity index (χ2n) is 26.4. The fourth-order valence-corrected chi connectivity index (χ4v) is 12.9. The third kappa shape index (κ3) is 20.5. The number of H-pyrrole nitrogens is 3. The molecule has 0 unspecified atom stereocenters. The number of phenolic OH excluding ortho intramolecular Hbond substituents is 1. The summed E-state index contributed by atoms with van der Waals surface area (Å²) in [6.45, 7) is 1.32. The van der Waals surface area contributed by atoms with Crippen molar-refractivity contribution < 1.29 is 80.9 Å². The van der Waals surface area contributed by atoms with Gasteiger partial charge in [-0.3, -0.25) is 57.5 Å². The molecule has 8 aromatic rings. The number of aromatic amines is 3. The lowest BCUT2D eigenvalue weighted by Gasteiger charge is -2.37. The first-order valence-electron chi connectivity index (χ1n) is 34.5. The Morgan fingerprint density at radius 1 is 0.689 bits per heavy atom. The molecule has 5 aromatic carbocycles. The number of ether oxygens (including phenoxy) is 2. The van der Waals surface area contributed by atoms with Crippen molar-refractivity contribution in [3.05, 3.63) is 185 Å². The van der Waals surface area contributed by atoms with Crippen molar-refractivity contribution >= 4 is 92.6 Å². The van der Waals surface area contributed by atoms with E-state index in [4.69, 9.17) is 15.2 Å². The van der Waals surface area contributed by atoms with Gasteiger partial charge in [-0.15, -0.1) is 0 Å². The van der Waals surface area contributed by atoms with Crippen molar-refractivity contribution in [3.8, 4) is 11.5 Å². The van der Waals surface area contributed by atoms with E-state index in [1.807, 2.05) is 0 Å². The minimum absolute atomic E-state index is 0.00204. The van der Waals surface area contributed by atoms with Crippen LogP contribution >= 0.6 is 0 Å². The zero-order chi connectivity index (χ0) is 75.6. The number of hydrogen-bond acceptors (Lipinski definition) is 16. The molecule has 0 aliphatic carbocycles. The first kappa shape index (κ1) is 76.3. The quantitative estimate of drug-likeness (QED) is 0.0518. The van der Waals surface area contributed by atoms with Crippen molar-refractivity contribution in [2.75, 3.05) is 26.2 Å². The van der Waals surface area contributed by atoms with E-state index in [0.717, 1.165) is 6.92 Å². The maximum atomic E-state index is 15.5. The van der Waals surface area contributed by atoms with Crippen LogP contribution in [-0.4, -0.2) is 169 Å². The first-order chi connectivity index (χ1) is 50.8. The van der Waals surface area contributed by atoms with Crippen molar-refractivity contribution in [2.45, 2.75) is 133 Å². The Kier molecular flexibility index (Phi) is 25.4. The fraction of sp³-hybridized carbons (Fsp3) is 0.347. The highest BCUT2D eigenvalue weighted by Gasteiger charge is 2.49. The van der Waals surface area contributed by atoms with Crippen LogP contribution in [0, 0.1) is 17.6 Å². The molecule has 2 bridgehead atoms. The number of aromatic hydroxyl groups is 1. The number of carbonyl (C=O) groups excluding carboxylic acids is 12. The van der Waals surface area contributed by atoms with Gasteiger partial charge in [-0.25, -0.2) is 13.8 Å². The lowest BCUT2D eigenvalue weighted by molar-refractivity contribution is -0.148. The van der Waals surface area contributed by atoms with E-state index in [-0.39, 0.29) is 89.1 Å². The molecule has 14 N–H and O–H groups in total. The molecule has 3 aliphatic rings. The lowest BCUT2D eigenvalue weighted by atomic mass is 9.89. The Labute approximate surface area is 606 Å². The summed E-state index contributed by atoms with van der Waals surface area (Å²) in [4.78, 5) is 187. The minimum Gasteiger partial charge on any atom is -0.508 e. The Bertz CT molecular complexity index is 4530. The number of imidazole rings is 1. The van der Waals surface area contributed by atoms with Crippen LogP contribution in [-0.2, 0) is 101 Å². The summed E-state index contributed by atoms with van der Waals surface area (Å²) in [5, 5.41) is 31.9. The van der Waals surface area contributed by atoms with Crippen molar-refractivity contribution in [1.82, 2.24) is 67.4 Å². The molecule has 106 heavy (non-hydrogen) atoms. The van der Waals surface area contributed by atoms with Gasteiger partial charge in [0.15, 0.2) is 5.78 Å². The molecule has 0 radical (unpaired) electrons. The number of carbonyl (C=O) groups is 12. The highest BCUT2D eigenvalue weighted by atomic mass is 19.1. The Morgan fingerprint density at radius 3 is 2.04 bits per heavy atom. The molecule has 3 aliphatic heterocycles. The monoisotopic (exact) mass is 1460 g/mol. The van der Waals surface area contributed by atoms with Gasteiger partial charge in [-0.1, -0.05) is 54.6 Å². The summed E-state index contributed by atoms with van der Waals surface area (Å²) in [7, 11) is 0. The standard InChI is InChI=1S/C75H82F2N14O15/c1-42(92)85-61-34-65(95)80-24-26-105-53-18-11-44(12-19-53)27-59(68(78)98)90-74(104)75(2)23-6-25-91(75)73(103)63(28-43-9-16-52(93)17-10-43)89-71(101)60(33-51-38-79-41-84-51)88-72(102)62(35-67(97)106-40-45-7-4-3-5-8-45)87-69(99)47(29-48-37-82-57-22-15-50(77)32-55(48)57)30-64(94)58(86-66(96)39-83-70(61)100)20-13-46-36-81-56-21-14-49(76)31-54(46)56/h3-5,7-12,14-19,21-22,31-32,36-38,41,47,58-63,81-82,93H,6,13,20,23-30,33-35,39-40H2,1-2H3,(H2,78,98)(H,79,84)(H,80,95)(H,83,100)(H,85,92)(H,86,96)(H,87,99)(H,88,102)(H,89,101)(H,90,104)/t47-,58+,59+,60+,61-,62+,63+,75+/m1/s1. The van der Waals surface area contributed by atoms with E-state index < -0.39 is 156 Å². The number of aromatic nitrogens is 4. The summed E-state index contributed by atoms with van der Waals surface area (Å²) in [5.41, 5.74) is 7.84. The van der Waals surface area contributed by atoms with Crippen molar-refractivity contribution in [2.24, 2.45) is 11.7 Å². The predicted octanol–water partition coefficient (Wildman–Crippen LogP) is 2.78. The number of halogens is 2. The van der Waals surface area contributed by atoms with Crippen LogP contribution in [0.3, 0.4) is 0 Å². The normalized spacial score (nSPS) is 21.8. The maximum Gasteiger partial charge on any atom is 0.308 e. The van der Waals surface area contributed by atoms with E-state index in [0.29, 0.717) is 55.4 Å². The maximum absolute atomic E-state index is 15.5. The van der Waals surface area contributed by atoms with Gasteiger partial charge in [0.05, 0.1) is 38.3 Å². The number of hydrogen-bond donors (Lipinski definition) is 13. The molecular formula is C75H82F2N14O15. The lowest BCUT2D eigenvalue weighted by Crippen LogP contribution is -2.63. The van der Waals surface area contributed by atoms with Gasteiger partial charge in [0.25, 0.3) is 0 Å². The first-order valence-corrected chi connectivity index (χ1v) is 34.5. The van der Waals surface area contributed by atoms with Crippen LogP contribution in [0.2, 0.25) is 0 Å². The highest BCUT2D eigenvalue weighted by molar-refractivity contribution is 6.01. The zero-order valence-electron chi connectivity index (χ0n) is 58.0. The number of ketones is 1. The van der Waals surface area contributed by atoms with Crippen molar-refractivity contribution in [3.63, 3.8) is 0 Å². The van der Waals surface area contributed by atoms with Crippen LogP contribution < -0.4 is 53.0 Å². The van der Waals surface area contributed by atoms with Gasteiger partial charge in [0, 0.05) is 91.2 Å². The SMILES string of the molecule is CC(=O)N[C@@H]1CC(=O)NCCOc2ccc(cc2)C[C@@H](C(N)=O)NC(=O)[C@]2(C)CCCN2C(=O)[C@H](Cc2ccc(O)cc2)NC(=O)[C@H](Cc2cnc[nH]2)NC(=O)[C@H](CC(=O)OCc2ccccc2)NC(=O)[C@H](Cc2c[nH]c3ccc(F)cc23)CC(=O)[C@H](CCc2c[nH]c3ccc(F)cc23)NC(=O)CNC1=O. The smallest absolute Gasteiger partial charge is 0.308 e. The Morgan fingerprint density at radius 2 is 1.36 bits per heavy atom. The van der Waals surface area contributed by atoms with Gasteiger partial charge in [-0.2, -0.15) is 0 Å². The largest absolute Gasteiger partial charge is 0.508 e. The molecule has 556 valence electrons. The van der Waals surface area contributed by atoms with E-state index >= 15 is 28.4 Å². The minimum atomic E-state index is -1.94. The average Bonchev–Trinajstić information content (AvgIpc) is 1.58. The van der Waals surface area contributed by atoms with E-state index in [1.54, 1.807) is 60.8 Å². The molecule has 6 heterocycles. The molecule has 3 aromatic heterocycles. The molecule has 1 saturated heterocycles. The second-order valence-corrected chi connectivity index (χ2v) is 26.4. The fourth-order valence-electron chi connectivity index (χ4n) is 12.9. The zero-order valence-corrected chi connectivity index (χ0v) is 58.0. The number of benzene rings is 5. The third-order valence-electron chi connectivity index (χ3n) is 18.6. The molecule has 31 heteroatoms. The van der Waals surface area contributed by atoms with Crippen LogP contribution in [0.1, 0.15) is 85.9 Å². The number of nitrogens with two attached hydrogens (primary N) is 1. The molecule has 29 nitrogen and oxygen atoms in total. The third-order valence-corrected chi connectivity index (χ3v) is 18.6.